The summed E-state index contributed by atoms with van der Waals surface area (Å²) in [5.41, 5.74) is 0.547. The number of nitrogens with zero attached hydrogens (tertiary/aromatic N) is 1. The van der Waals surface area contributed by atoms with Crippen LogP contribution in [0, 0.1) is 17.6 Å². The Balaban J connectivity index is 2.11. The first-order valence-corrected chi connectivity index (χ1v) is 7.40. The van der Waals surface area contributed by atoms with Crippen molar-refractivity contribution in [2.45, 2.75) is 38.0 Å². The fourth-order valence-corrected chi connectivity index (χ4v) is 3.06. The molecule has 1 aliphatic rings. The van der Waals surface area contributed by atoms with Gasteiger partial charge in [-0.05, 0) is 36.5 Å². The van der Waals surface area contributed by atoms with Gasteiger partial charge in [-0.2, -0.15) is 0 Å². The maximum atomic E-state index is 14.0. The predicted molar refractivity (Wildman–Crippen MR) is 75.8 cm³/mol. The topological polar surface area (TPSA) is 3.24 Å². The van der Waals surface area contributed by atoms with Crippen LogP contribution in [0.25, 0.3) is 0 Å². The van der Waals surface area contributed by atoms with Gasteiger partial charge in [-0.15, -0.1) is 11.6 Å². The van der Waals surface area contributed by atoms with Gasteiger partial charge in [0.25, 0.3) is 0 Å². The second-order valence-electron chi connectivity index (χ2n) is 5.43. The molecule has 0 saturated heterocycles. The lowest BCUT2D eigenvalue weighted by molar-refractivity contribution is 0.360. The van der Waals surface area contributed by atoms with Crippen molar-refractivity contribution >= 4 is 17.3 Å². The molecule has 1 aromatic carbocycles. The van der Waals surface area contributed by atoms with E-state index < -0.39 is 11.6 Å². The first-order valence-electron chi connectivity index (χ1n) is 6.87. The minimum Gasteiger partial charge on any atom is -0.370 e. The molecule has 0 atom stereocenters. The number of anilines is 1. The molecule has 0 heterocycles. The molecular weight excluding hydrogens is 268 g/mol. The lowest BCUT2D eigenvalue weighted by atomic mass is 9.89. The molecule has 1 fully saturated rings. The summed E-state index contributed by atoms with van der Waals surface area (Å²) < 4.78 is 27.9. The third-order valence-electron chi connectivity index (χ3n) is 3.87. The Bertz CT molecular complexity index is 407. The standard InChI is InChI=1S/C15H20ClF2N/c1-19(10-11-5-3-2-4-6-11)15-13(17)7-12(9-16)8-14(15)18/h7-8,11H,2-6,9-10H2,1H3. The number of alkyl halides is 1. The Hall–Kier alpha value is -0.830. The predicted octanol–water partition coefficient (Wildman–Crippen LogP) is 4.72. The zero-order valence-corrected chi connectivity index (χ0v) is 12.0. The van der Waals surface area contributed by atoms with Crippen molar-refractivity contribution in [1.82, 2.24) is 0 Å². The Morgan fingerprint density at radius 1 is 1.16 bits per heavy atom. The first kappa shape index (κ1) is 14.6. The molecule has 0 aromatic heterocycles. The molecule has 0 aliphatic heterocycles. The molecule has 106 valence electrons. The molecule has 0 amide bonds. The lowest BCUT2D eigenvalue weighted by Gasteiger charge is -2.29. The van der Waals surface area contributed by atoms with Crippen LogP contribution in [-0.4, -0.2) is 13.6 Å². The highest BCUT2D eigenvalue weighted by Crippen LogP contribution is 2.29. The van der Waals surface area contributed by atoms with Gasteiger partial charge >= 0.3 is 0 Å². The van der Waals surface area contributed by atoms with Gasteiger partial charge in [0.15, 0.2) is 0 Å². The fourth-order valence-electron chi connectivity index (χ4n) is 2.91. The molecule has 19 heavy (non-hydrogen) atoms. The number of rotatable bonds is 4. The van der Waals surface area contributed by atoms with Gasteiger partial charge in [-0.3, -0.25) is 0 Å². The molecular formula is C15H20ClF2N. The highest BCUT2D eigenvalue weighted by atomic mass is 35.5. The molecule has 0 N–H and O–H groups in total. The van der Waals surface area contributed by atoms with Crippen LogP contribution in [0.5, 0.6) is 0 Å². The Morgan fingerprint density at radius 2 is 1.74 bits per heavy atom. The van der Waals surface area contributed by atoms with Gasteiger partial charge in [0.1, 0.15) is 17.3 Å². The minimum absolute atomic E-state index is 0.0689. The van der Waals surface area contributed by atoms with Crippen molar-refractivity contribution in [2.24, 2.45) is 5.92 Å². The van der Waals surface area contributed by atoms with Crippen LogP contribution in [0.2, 0.25) is 0 Å². The van der Waals surface area contributed by atoms with Crippen LogP contribution < -0.4 is 4.90 Å². The minimum atomic E-state index is -0.519. The average molecular weight is 288 g/mol. The summed E-state index contributed by atoms with van der Waals surface area (Å²) in [6, 6.07) is 2.64. The Kier molecular flexibility index (Phi) is 5.03. The molecule has 1 saturated carbocycles. The van der Waals surface area contributed by atoms with E-state index in [9.17, 15) is 8.78 Å². The summed E-state index contributed by atoms with van der Waals surface area (Å²) in [7, 11) is 1.76. The van der Waals surface area contributed by atoms with E-state index in [0.29, 0.717) is 18.0 Å². The van der Waals surface area contributed by atoms with Gasteiger partial charge in [0.2, 0.25) is 0 Å². The van der Waals surface area contributed by atoms with Crippen LogP contribution in [0.4, 0.5) is 14.5 Å². The van der Waals surface area contributed by atoms with E-state index in [1.807, 2.05) is 0 Å². The Morgan fingerprint density at radius 3 is 2.26 bits per heavy atom. The van der Waals surface area contributed by atoms with Crippen molar-refractivity contribution < 1.29 is 8.78 Å². The molecule has 0 bridgehead atoms. The van der Waals surface area contributed by atoms with E-state index in [4.69, 9.17) is 11.6 Å². The highest BCUT2D eigenvalue weighted by molar-refractivity contribution is 6.17. The molecule has 1 aliphatic carbocycles. The second kappa shape index (κ2) is 6.56. The quantitative estimate of drug-likeness (QED) is 0.724. The summed E-state index contributed by atoms with van der Waals surface area (Å²) >= 11 is 5.61. The van der Waals surface area contributed by atoms with Crippen molar-refractivity contribution in [3.05, 3.63) is 29.3 Å². The second-order valence-corrected chi connectivity index (χ2v) is 5.69. The Labute approximate surface area is 118 Å². The van der Waals surface area contributed by atoms with Crippen LogP contribution in [-0.2, 0) is 5.88 Å². The van der Waals surface area contributed by atoms with Crippen molar-refractivity contribution in [1.29, 1.82) is 0 Å². The lowest BCUT2D eigenvalue weighted by Crippen LogP contribution is -2.28. The zero-order valence-electron chi connectivity index (χ0n) is 11.3. The molecule has 2 rings (SSSR count). The van der Waals surface area contributed by atoms with Gasteiger partial charge in [-0.1, -0.05) is 19.3 Å². The summed E-state index contributed by atoms with van der Waals surface area (Å²) in [5, 5.41) is 0. The average Bonchev–Trinajstić information content (AvgIpc) is 2.38. The van der Waals surface area contributed by atoms with E-state index >= 15 is 0 Å². The van der Waals surface area contributed by atoms with Crippen LogP contribution >= 0.6 is 11.6 Å². The van der Waals surface area contributed by atoms with E-state index in [0.717, 1.165) is 12.8 Å². The summed E-state index contributed by atoms with van der Waals surface area (Å²) in [4.78, 5) is 1.71. The van der Waals surface area contributed by atoms with Crippen LogP contribution in [0.1, 0.15) is 37.7 Å². The largest absolute Gasteiger partial charge is 0.370 e. The van der Waals surface area contributed by atoms with Gasteiger partial charge in [0, 0.05) is 19.5 Å². The zero-order chi connectivity index (χ0) is 13.8. The van der Waals surface area contributed by atoms with Gasteiger partial charge in [-0.25, -0.2) is 8.78 Å². The van der Waals surface area contributed by atoms with Crippen LogP contribution in [0.3, 0.4) is 0 Å². The van der Waals surface area contributed by atoms with Crippen molar-refractivity contribution in [3.63, 3.8) is 0 Å². The molecule has 0 unspecified atom stereocenters. The first-order chi connectivity index (χ1) is 9.11. The number of hydrogen-bond donors (Lipinski definition) is 0. The monoisotopic (exact) mass is 287 g/mol. The van der Waals surface area contributed by atoms with Crippen LogP contribution in [0.15, 0.2) is 12.1 Å². The molecule has 0 spiro atoms. The van der Waals surface area contributed by atoms with E-state index in [-0.39, 0.29) is 11.6 Å². The molecule has 4 heteroatoms. The number of hydrogen-bond acceptors (Lipinski definition) is 1. The van der Waals surface area contributed by atoms with E-state index in [2.05, 4.69) is 0 Å². The highest BCUT2D eigenvalue weighted by Gasteiger charge is 2.20. The normalized spacial score (nSPS) is 16.6. The summed E-state index contributed by atoms with van der Waals surface area (Å²) in [6.07, 6.45) is 6.07. The maximum absolute atomic E-state index is 14.0. The smallest absolute Gasteiger partial charge is 0.149 e. The molecule has 1 nitrogen and oxygen atoms in total. The number of benzene rings is 1. The van der Waals surface area contributed by atoms with Crippen molar-refractivity contribution in [3.8, 4) is 0 Å². The van der Waals surface area contributed by atoms with E-state index in [1.54, 1.807) is 11.9 Å². The SMILES string of the molecule is CN(CC1CCCCC1)c1c(F)cc(CCl)cc1F. The maximum Gasteiger partial charge on any atom is 0.149 e. The van der Waals surface area contributed by atoms with Crippen molar-refractivity contribution in [2.75, 3.05) is 18.5 Å². The van der Waals surface area contributed by atoms with Gasteiger partial charge in [0.05, 0.1) is 0 Å². The molecule has 1 aromatic rings. The van der Waals surface area contributed by atoms with E-state index in [1.165, 1.54) is 31.4 Å². The third kappa shape index (κ3) is 3.59. The molecule has 0 radical (unpaired) electrons. The summed E-state index contributed by atoms with van der Waals surface area (Å²) in [5.74, 6) is -0.367. The third-order valence-corrected chi connectivity index (χ3v) is 4.18. The fraction of sp³-hybridized carbons (Fsp3) is 0.600. The number of halogens is 3. The summed E-state index contributed by atoms with van der Waals surface area (Å²) in [6.45, 7) is 0.716. The van der Waals surface area contributed by atoms with Gasteiger partial charge < -0.3 is 4.90 Å².